The van der Waals surface area contributed by atoms with Gasteiger partial charge in [0.1, 0.15) is 0 Å². The maximum Gasteiger partial charge on any atom is 0.274 e. The second-order valence-corrected chi connectivity index (χ2v) is 6.93. The van der Waals surface area contributed by atoms with Gasteiger partial charge in [0, 0.05) is 23.7 Å². The van der Waals surface area contributed by atoms with Gasteiger partial charge in [0.15, 0.2) is 0 Å². The molecule has 3 N–H and O–H groups in total. The topological polar surface area (TPSA) is 139 Å². The van der Waals surface area contributed by atoms with Crippen LogP contribution in [0.15, 0.2) is 47.4 Å². The predicted octanol–water partition coefficient (Wildman–Crippen LogP) is 1.50. The number of benzene rings is 2. The Hall–Kier alpha value is -2.82. The number of nitro benzene ring substituents is 1. The first-order valence-corrected chi connectivity index (χ1v) is 8.51. The Bertz CT molecular complexity index is 909. The molecule has 25 heavy (non-hydrogen) atoms. The van der Waals surface area contributed by atoms with E-state index in [1.54, 1.807) is 0 Å². The molecule has 0 aliphatic carbocycles. The fourth-order valence-electron chi connectivity index (χ4n) is 2.05. The van der Waals surface area contributed by atoms with Crippen LogP contribution in [0.3, 0.4) is 0 Å². The molecule has 0 spiro atoms. The Morgan fingerprint density at radius 1 is 1.20 bits per heavy atom. The summed E-state index contributed by atoms with van der Waals surface area (Å²) in [4.78, 5) is 21.3. The van der Waals surface area contributed by atoms with Crippen LogP contribution in [0.25, 0.3) is 0 Å². The first-order valence-electron chi connectivity index (χ1n) is 7.02. The Morgan fingerprint density at radius 2 is 1.84 bits per heavy atom. The van der Waals surface area contributed by atoms with Crippen molar-refractivity contribution in [3.8, 4) is 0 Å². The third kappa shape index (κ3) is 4.38. The van der Waals surface area contributed by atoms with Crippen molar-refractivity contribution in [3.63, 3.8) is 0 Å². The molecule has 0 saturated heterocycles. The van der Waals surface area contributed by atoms with E-state index in [2.05, 4.69) is 4.72 Å². The summed E-state index contributed by atoms with van der Waals surface area (Å²) in [6, 6.07) is 9.55. The minimum atomic E-state index is -3.94. The second-order valence-electron chi connectivity index (χ2n) is 5.17. The van der Waals surface area contributed by atoms with E-state index < -0.39 is 20.9 Å². The van der Waals surface area contributed by atoms with Gasteiger partial charge in [-0.05, 0) is 30.7 Å². The zero-order chi connectivity index (χ0) is 18.6. The molecule has 0 aromatic heterocycles. The number of hydrogen-bond donors (Lipinski definition) is 3. The highest BCUT2D eigenvalue weighted by Gasteiger charge is 2.19. The van der Waals surface area contributed by atoms with E-state index in [9.17, 15) is 23.3 Å². The van der Waals surface area contributed by atoms with Crippen molar-refractivity contribution in [2.24, 2.45) is 0 Å². The molecular weight excluding hydrogens is 350 g/mol. The lowest BCUT2D eigenvalue weighted by atomic mass is 10.1. The maximum atomic E-state index is 12.3. The van der Waals surface area contributed by atoms with Crippen molar-refractivity contribution in [2.45, 2.75) is 18.4 Å². The van der Waals surface area contributed by atoms with Gasteiger partial charge in [0.05, 0.1) is 9.82 Å². The standard InChI is InChI=1S/C15H15N3O6S/c1-10-2-7-13(8-14(10)18(21)22)25(23,24)16-9-11-3-5-12(6-4-11)15(19)17-20/h2-8,16,20H,9H2,1H3,(H,17,19). The van der Waals surface area contributed by atoms with Crippen LogP contribution in [0.2, 0.25) is 0 Å². The molecule has 9 nitrogen and oxygen atoms in total. The van der Waals surface area contributed by atoms with Crippen LogP contribution >= 0.6 is 0 Å². The van der Waals surface area contributed by atoms with Gasteiger partial charge in [0.2, 0.25) is 10.0 Å². The van der Waals surface area contributed by atoms with Crippen molar-refractivity contribution in [3.05, 3.63) is 69.3 Å². The summed E-state index contributed by atoms with van der Waals surface area (Å²) in [6.45, 7) is 1.46. The predicted molar refractivity (Wildman–Crippen MR) is 87.6 cm³/mol. The number of amides is 1. The number of rotatable bonds is 6. The Balaban J connectivity index is 2.15. The summed E-state index contributed by atoms with van der Waals surface area (Å²) < 4.78 is 26.9. The molecule has 2 rings (SSSR count). The lowest BCUT2D eigenvalue weighted by Gasteiger charge is -2.08. The Kier molecular flexibility index (Phi) is 5.47. The quantitative estimate of drug-likeness (QED) is 0.403. The molecular formula is C15H15N3O6S. The molecule has 132 valence electrons. The Morgan fingerprint density at radius 3 is 2.40 bits per heavy atom. The molecule has 0 atom stereocenters. The molecule has 0 radical (unpaired) electrons. The Labute approximate surface area is 143 Å². The minimum absolute atomic E-state index is 0.0645. The van der Waals surface area contributed by atoms with Crippen LogP contribution in [0.4, 0.5) is 5.69 Å². The SMILES string of the molecule is Cc1ccc(S(=O)(=O)NCc2ccc(C(=O)NO)cc2)cc1[N+](=O)[O-]. The molecule has 2 aromatic rings. The third-order valence-electron chi connectivity index (χ3n) is 3.47. The van der Waals surface area contributed by atoms with Crippen LogP contribution in [0, 0.1) is 17.0 Å². The van der Waals surface area contributed by atoms with E-state index >= 15 is 0 Å². The van der Waals surface area contributed by atoms with Gasteiger partial charge in [-0.3, -0.25) is 20.1 Å². The normalized spacial score (nSPS) is 11.1. The number of sulfonamides is 1. The van der Waals surface area contributed by atoms with Gasteiger partial charge in [0.25, 0.3) is 11.6 Å². The molecule has 0 fully saturated rings. The number of aryl methyl sites for hydroxylation is 1. The zero-order valence-electron chi connectivity index (χ0n) is 13.1. The number of hydroxylamine groups is 1. The molecule has 0 unspecified atom stereocenters. The van der Waals surface area contributed by atoms with Crippen LogP contribution in [-0.2, 0) is 16.6 Å². The number of hydrogen-bond acceptors (Lipinski definition) is 6. The largest absolute Gasteiger partial charge is 0.288 e. The van der Waals surface area contributed by atoms with Crippen molar-refractivity contribution >= 4 is 21.6 Å². The van der Waals surface area contributed by atoms with Crippen molar-refractivity contribution in [2.75, 3.05) is 0 Å². The van der Waals surface area contributed by atoms with Crippen LogP contribution in [0.5, 0.6) is 0 Å². The van der Waals surface area contributed by atoms with E-state index in [-0.39, 0.29) is 22.7 Å². The average Bonchev–Trinajstić information content (AvgIpc) is 2.59. The van der Waals surface area contributed by atoms with Crippen LogP contribution in [-0.4, -0.2) is 24.5 Å². The lowest BCUT2D eigenvalue weighted by Crippen LogP contribution is -2.23. The van der Waals surface area contributed by atoms with Crippen molar-refractivity contribution < 1.29 is 23.3 Å². The van der Waals surface area contributed by atoms with E-state index in [4.69, 9.17) is 5.21 Å². The molecule has 0 saturated carbocycles. The minimum Gasteiger partial charge on any atom is -0.288 e. The summed E-state index contributed by atoms with van der Waals surface area (Å²) in [6.07, 6.45) is 0. The van der Waals surface area contributed by atoms with Gasteiger partial charge < -0.3 is 0 Å². The molecule has 0 aliphatic heterocycles. The van der Waals surface area contributed by atoms with E-state index in [0.717, 1.165) is 6.07 Å². The summed E-state index contributed by atoms with van der Waals surface area (Å²) >= 11 is 0. The number of nitrogens with one attached hydrogen (secondary N) is 2. The summed E-state index contributed by atoms with van der Waals surface area (Å²) in [5.74, 6) is -0.681. The molecule has 2 aromatic carbocycles. The van der Waals surface area contributed by atoms with Gasteiger partial charge in [-0.25, -0.2) is 18.6 Å². The average molecular weight is 365 g/mol. The van der Waals surface area contributed by atoms with Crippen LogP contribution in [0.1, 0.15) is 21.5 Å². The highest BCUT2D eigenvalue weighted by Crippen LogP contribution is 2.22. The first kappa shape index (κ1) is 18.5. The molecule has 1 amide bonds. The van der Waals surface area contributed by atoms with Gasteiger partial charge in [-0.1, -0.05) is 18.2 Å². The molecule has 0 bridgehead atoms. The summed E-state index contributed by atoms with van der Waals surface area (Å²) in [5, 5.41) is 19.5. The summed E-state index contributed by atoms with van der Waals surface area (Å²) in [5.41, 5.74) is 2.36. The van der Waals surface area contributed by atoms with E-state index in [1.807, 2.05) is 0 Å². The van der Waals surface area contributed by atoms with Gasteiger partial charge in [-0.15, -0.1) is 0 Å². The maximum absolute atomic E-state index is 12.3. The van der Waals surface area contributed by atoms with Gasteiger partial charge in [-0.2, -0.15) is 0 Å². The second kappa shape index (κ2) is 7.38. The van der Waals surface area contributed by atoms with Crippen LogP contribution < -0.4 is 10.2 Å². The molecule has 10 heteroatoms. The highest BCUT2D eigenvalue weighted by atomic mass is 32.2. The number of nitrogens with zero attached hydrogens (tertiary/aromatic N) is 1. The fraction of sp³-hybridized carbons (Fsp3) is 0.133. The molecule has 0 heterocycles. The number of carbonyl (C=O) groups excluding carboxylic acids is 1. The monoisotopic (exact) mass is 365 g/mol. The van der Waals surface area contributed by atoms with E-state index in [1.165, 1.54) is 48.8 Å². The third-order valence-corrected chi connectivity index (χ3v) is 4.87. The fourth-order valence-corrected chi connectivity index (χ4v) is 3.09. The lowest BCUT2D eigenvalue weighted by molar-refractivity contribution is -0.385. The first-order chi connectivity index (χ1) is 11.7. The number of nitro groups is 1. The summed E-state index contributed by atoms with van der Waals surface area (Å²) in [7, 11) is -3.94. The highest BCUT2D eigenvalue weighted by molar-refractivity contribution is 7.89. The van der Waals surface area contributed by atoms with E-state index in [0.29, 0.717) is 11.1 Å². The number of carbonyl (C=O) groups is 1. The molecule has 0 aliphatic rings. The zero-order valence-corrected chi connectivity index (χ0v) is 13.9. The van der Waals surface area contributed by atoms with Crippen molar-refractivity contribution in [1.82, 2.24) is 10.2 Å². The smallest absolute Gasteiger partial charge is 0.274 e. The van der Waals surface area contributed by atoms with Gasteiger partial charge >= 0.3 is 0 Å². The van der Waals surface area contributed by atoms with Crippen molar-refractivity contribution in [1.29, 1.82) is 0 Å².